The van der Waals surface area contributed by atoms with E-state index in [4.69, 9.17) is 25.8 Å². The summed E-state index contributed by atoms with van der Waals surface area (Å²) < 4.78 is 92.1. The van der Waals surface area contributed by atoms with E-state index in [1.165, 1.54) is 12.1 Å². The lowest BCUT2D eigenvalue weighted by molar-refractivity contribution is -0.143. The molecule has 0 fully saturated rings. The number of alkyl halides is 6. The molecule has 0 unspecified atom stereocenters. The second kappa shape index (κ2) is 7.54. The van der Waals surface area contributed by atoms with E-state index in [0.717, 1.165) is 0 Å². The zero-order valence-corrected chi connectivity index (χ0v) is 14.8. The van der Waals surface area contributed by atoms with Crippen molar-refractivity contribution in [2.24, 2.45) is 0 Å². The standard InChI is InChI=1S/C17H10ClF6NO4/c18-11-4-13-14(29-7-28-13)5-12(11)25-15(26)6-27-10-2-8(16(19,20)21)1-9(3-10)17(22,23)24/h1-5H,6-7H2,(H,25,26). The molecule has 2 aromatic carbocycles. The van der Waals surface area contributed by atoms with Crippen LogP contribution in [0.4, 0.5) is 32.0 Å². The minimum Gasteiger partial charge on any atom is -0.484 e. The molecule has 0 radical (unpaired) electrons. The first-order valence-electron chi connectivity index (χ1n) is 7.75. The molecular weight excluding hydrogens is 432 g/mol. The van der Waals surface area contributed by atoms with Crippen LogP contribution in [0.25, 0.3) is 0 Å². The van der Waals surface area contributed by atoms with E-state index in [0.29, 0.717) is 23.6 Å². The average molecular weight is 442 g/mol. The Morgan fingerprint density at radius 2 is 1.52 bits per heavy atom. The Bertz CT molecular complexity index is 912. The minimum absolute atomic E-state index is 0.0384. The van der Waals surface area contributed by atoms with E-state index in [9.17, 15) is 31.1 Å². The van der Waals surface area contributed by atoms with Gasteiger partial charge in [-0.2, -0.15) is 26.3 Å². The highest BCUT2D eigenvalue weighted by Gasteiger charge is 2.37. The highest BCUT2D eigenvalue weighted by molar-refractivity contribution is 6.34. The van der Waals surface area contributed by atoms with Crippen molar-refractivity contribution < 1.29 is 45.3 Å². The number of rotatable bonds is 4. The highest BCUT2D eigenvalue weighted by atomic mass is 35.5. The van der Waals surface area contributed by atoms with Crippen molar-refractivity contribution in [3.63, 3.8) is 0 Å². The molecule has 1 aliphatic heterocycles. The second-order valence-corrected chi connectivity index (χ2v) is 6.17. The van der Waals surface area contributed by atoms with Gasteiger partial charge in [-0.05, 0) is 18.2 Å². The van der Waals surface area contributed by atoms with Gasteiger partial charge in [0.2, 0.25) is 6.79 Å². The van der Waals surface area contributed by atoms with Crippen LogP contribution in [0.1, 0.15) is 11.1 Å². The zero-order valence-electron chi connectivity index (χ0n) is 14.1. The highest BCUT2D eigenvalue weighted by Crippen LogP contribution is 2.40. The smallest absolute Gasteiger partial charge is 0.416 e. The Labute approximate surface area is 164 Å². The summed E-state index contributed by atoms with van der Waals surface area (Å²) in [6.07, 6.45) is -10.1. The van der Waals surface area contributed by atoms with Gasteiger partial charge >= 0.3 is 12.4 Å². The summed E-state index contributed by atoms with van der Waals surface area (Å²) in [6, 6.07) is 3.43. The monoisotopic (exact) mass is 441 g/mol. The van der Waals surface area contributed by atoms with Crippen LogP contribution in [0.3, 0.4) is 0 Å². The number of hydrogen-bond donors (Lipinski definition) is 1. The third-order valence-corrected chi connectivity index (χ3v) is 3.98. The number of halogens is 7. The predicted molar refractivity (Wildman–Crippen MR) is 88.1 cm³/mol. The van der Waals surface area contributed by atoms with Crippen molar-refractivity contribution in [3.05, 3.63) is 46.5 Å². The van der Waals surface area contributed by atoms with E-state index in [2.05, 4.69) is 5.32 Å². The van der Waals surface area contributed by atoms with Gasteiger partial charge in [-0.15, -0.1) is 0 Å². The molecular formula is C17H10ClF6NO4. The summed E-state index contributed by atoms with van der Waals surface area (Å²) in [4.78, 5) is 12.0. The molecule has 12 heteroatoms. The number of amides is 1. The van der Waals surface area contributed by atoms with Gasteiger partial charge in [0, 0.05) is 12.1 Å². The van der Waals surface area contributed by atoms with Crippen molar-refractivity contribution in [1.82, 2.24) is 0 Å². The fourth-order valence-electron chi connectivity index (χ4n) is 2.36. The van der Waals surface area contributed by atoms with Crippen molar-refractivity contribution in [1.29, 1.82) is 0 Å². The Morgan fingerprint density at radius 3 is 2.07 bits per heavy atom. The van der Waals surface area contributed by atoms with Crippen LogP contribution in [0.2, 0.25) is 5.02 Å². The van der Waals surface area contributed by atoms with Gasteiger partial charge in [-0.25, -0.2) is 0 Å². The molecule has 2 aromatic rings. The van der Waals surface area contributed by atoms with Gasteiger partial charge in [0.25, 0.3) is 5.91 Å². The minimum atomic E-state index is -5.03. The lowest BCUT2D eigenvalue weighted by atomic mass is 10.1. The summed E-state index contributed by atoms with van der Waals surface area (Å²) in [5, 5.41) is 2.41. The molecule has 0 aliphatic carbocycles. The van der Waals surface area contributed by atoms with Crippen LogP contribution in [-0.4, -0.2) is 19.3 Å². The predicted octanol–water partition coefficient (Wildman–Crippen LogP) is 5.12. The molecule has 1 N–H and O–H groups in total. The van der Waals surface area contributed by atoms with Crippen molar-refractivity contribution in [3.8, 4) is 17.2 Å². The number of carbonyl (C=O) groups is 1. The van der Waals surface area contributed by atoms with Crippen LogP contribution in [0.5, 0.6) is 17.2 Å². The molecule has 0 atom stereocenters. The summed E-state index contributed by atoms with van der Waals surface area (Å²) >= 11 is 5.97. The van der Waals surface area contributed by atoms with Gasteiger partial charge in [0.05, 0.1) is 21.8 Å². The number of fused-ring (bicyclic) bond motifs is 1. The van der Waals surface area contributed by atoms with Gasteiger partial charge < -0.3 is 19.5 Å². The first-order valence-corrected chi connectivity index (χ1v) is 8.12. The molecule has 29 heavy (non-hydrogen) atoms. The molecule has 1 heterocycles. The average Bonchev–Trinajstić information content (AvgIpc) is 3.05. The first-order chi connectivity index (χ1) is 13.4. The van der Waals surface area contributed by atoms with Crippen LogP contribution < -0.4 is 19.5 Å². The van der Waals surface area contributed by atoms with Gasteiger partial charge in [-0.1, -0.05) is 11.6 Å². The van der Waals surface area contributed by atoms with Crippen LogP contribution in [0.15, 0.2) is 30.3 Å². The van der Waals surface area contributed by atoms with E-state index >= 15 is 0 Å². The van der Waals surface area contributed by atoms with E-state index in [-0.39, 0.29) is 23.6 Å². The maximum absolute atomic E-state index is 12.8. The molecule has 3 rings (SSSR count). The summed E-state index contributed by atoms with van der Waals surface area (Å²) in [5.74, 6) is -0.970. The molecule has 5 nitrogen and oxygen atoms in total. The maximum atomic E-state index is 12.8. The third kappa shape index (κ3) is 4.97. The Balaban J connectivity index is 1.73. The largest absolute Gasteiger partial charge is 0.484 e. The first kappa shape index (κ1) is 20.9. The SMILES string of the molecule is O=C(COc1cc(C(F)(F)F)cc(C(F)(F)F)c1)Nc1cc2c(cc1Cl)OCO2. The van der Waals surface area contributed by atoms with Crippen molar-refractivity contribution in [2.75, 3.05) is 18.7 Å². The van der Waals surface area contributed by atoms with E-state index in [1.54, 1.807) is 0 Å². The second-order valence-electron chi connectivity index (χ2n) is 5.76. The quantitative estimate of drug-likeness (QED) is 0.669. The lowest BCUT2D eigenvalue weighted by Crippen LogP contribution is -2.21. The number of carbonyl (C=O) groups excluding carboxylic acids is 1. The molecule has 0 saturated heterocycles. The molecule has 0 aromatic heterocycles. The van der Waals surface area contributed by atoms with Gasteiger partial charge in [0.15, 0.2) is 18.1 Å². The van der Waals surface area contributed by atoms with Crippen LogP contribution in [-0.2, 0) is 17.1 Å². The molecule has 0 spiro atoms. The maximum Gasteiger partial charge on any atom is 0.416 e. The number of anilines is 1. The normalized spacial score (nSPS) is 13.3. The lowest BCUT2D eigenvalue weighted by Gasteiger charge is -2.15. The van der Waals surface area contributed by atoms with E-state index in [1.807, 2.05) is 0 Å². The Kier molecular flexibility index (Phi) is 5.44. The summed E-state index contributed by atoms with van der Waals surface area (Å²) in [6.45, 7) is -0.896. The number of hydrogen-bond acceptors (Lipinski definition) is 4. The summed E-state index contributed by atoms with van der Waals surface area (Å²) in [7, 11) is 0. The fourth-order valence-corrected chi connectivity index (χ4v) is 2.56. The topological polar surface area (TPSA) is 56.8 Å². The van der Waals surface area contributed by atoms with Gasteiger partial charge in [0.1, 0.15) is 5.75 Å². The molecule has 0 bridgehead atoms. The summed E-state index contributed by atoms with van der Waals surface area (Å²) in [5.41, 5.74) is -3.01. The zero-order chi connectivity index (χ0) is 21.4. The number of nitrogens with one attached hydrogen (secondary N) is 1. The number of benzene rings is 2. The molecule has 1 amide bonds. The fraction of sp³-hybridized carbons (Fsp3) is 0.235. The molecule has 0 saturated carbocycles. The van der Waals surface area contributed by atoms with Crippen LogP contribution in [0, 0.1) is 0 Å². The van der Waals surface area contributed by atoms with Crippen LogP contribution >= 0.6 is 11.6 Å². The van der Waals surface area contributed by atoms with Crippen molar-refractivity contribution in [2.45, 2.75) is 12.4 Å². The third-order valence-electron chi connectivity index (χ3n) is 3.67. The van der Waals surface area contributed by atoms with Crippen molar-refractivity contribution >= 4 is 23.2 Å². The Morgan fingerprint density at radius 1 is 0.966 bits per heavy atom. The number of ether oxygens (including phenoxy) is 3. The molecule has 1 aliphatic rings. The molecule has 156 valence electrons. The van der Waals surface area contributed by atoms with E-state index < -0.39 is 41.7 Å². The van der Waals surface area contributed by atoms with Gasteiger partial charge in [-0.3, -0.25) is 4.79 Å². The Hall–Kier alpha value is -2.82.